The molecule has 7 aromatic rings. The normalized spacial score (nSPS) is 11.3. The predicted molar refractivity (Wildman–Crippen MR) is 200 cm³/mol. The van der Waals surface area contributed by atoms with Gasteiger partial charge in [0.05, 0.1) is 22.8 Å². The van der Waals surface area contributed by atoms with Crippen LogP contribution in [0.3, 0.4) is 0 Å². The molecule has 0 amide bonds. The molecular weight excluding hydrogens is 643 g/mol. The van der Waals surface area contributed by atoms with E-state index in [1.807, 2.05) is 48.5 Å². The Morgan fingerprint density at radius 1 is 0.408 bits per heavy atom. The second-order valence-electron chi connectivity index (χ2n) is 11.5. The molecule has 237 valence electrons. The van der Waals surface area contributed by atoms with Crippen molar-refractivity contribution in [1.82, 2.24) is 19.9 Å². The van der Waals surface area contributed by atoms with Crippen LogP contribution in [0.1, 0.15) is 22.8 Å². The van der Waals surface area contributed by atoms with E-state index in [0.717, 1.165) is 78.2 Å². The molecule has 49 heavy (non-hydrogen) atoms. The van der Waals surface area contributed by atoms with Crippen molar-refractivity contribution in [3.8, 4) is 33.4 Å². The molecule has 2 aliphatic heterocycles. The maximum absolute atomic E-state index is 5.27. The van der Waals surface area contributed by atoms with Gasteiger partial charge in [-0.05, 0) is 71.3 Å². The number of benzene rings is 4. The molecule has 1 radical (unpaired) electrons. The monoisotopic (exact) mass is 674 g/mol. The fourth-order valence-corrected chi connectivity index (χ4v) is 6.21. The Hall–Kier alpha value is -6.01. The standard InChI is InChI=1S/C38H26N4.C6H5.Co/c1-4-10-25(11-5-1)36-30-18-16-28(39-30)24-29-17-19-31(40-29)37(26-12-6-2-7-13-26)33-21-23-35(42-33)38(27-14-8-3-9-15-27)34-22-20-32(36)41-34;1-2-4-6-5-3-1;/h1-24,39,42H;1-5H;/q;-1;. The first kappa shape index (κ1) is 31.6. The number of aromatic nitrogens is 4. The molecule has 4 aromatic carbocycles. The van der Waals surface area contributed by atoms with E-state index in [1.165, 1.54) is 0 Å². The van der Waals surface area contributed by atoms with Crippen LogP contribution < -0.4 is 0 Å². The van der Waals surface area contributed by atoms with Gasteiger partial charge in [-0.1, -0.05) is 91.0 Å². The number of H-pyrrole nitrogens is 2. The molecule has 0 aliphatic carbocycles. The van der Waals surface area contributed by atoms with Crippen LogP contribution in [-0.4, -0.2) is 19.9 Å². The zero-order valence-electron chi connectivity index (χ0n) is 26.5. The van der Waals surface area contributed by atoms with Gasteiger partial charge >= 0.3 is 0 Å². The van der Waals surface area contributed by atoms with Gasteiger partial charge in [0, 0.05) is 55.5 Å². The molecule has 3 aromatic heterocycles. The molecule has 8 bridgehead atoms. The summed E-state index contributed by atoms with van der Waals surface area (Å²) in [7, 11) is 0. The molecule has 9 rings (SSSR count). The first-order valence-corrected chi connectivity index (χ1v) is 16.0. The first-order valence-electron chi connectivity index (χ1n) is 16.0. The summed E-state index contributed by atoms with van der Waals surface area (Å²) < 4.78 is 0. The van der Waals surface area contributed by atoms with E-state index in [9.17, 15) is 0 Å². The molecule has 2 aliphatic rings. The van der Waals surface area contributed by atoms with E-state index < -0.39 is 0 Å². The van der Waals surface area contributed by atoms with Gasteiger partial charge < -0.3 is 9.97 Å². The largest absolute Gasteiger partial charge is 0.355 e. The summed E-state index contributed by atoms with van der Waals surface area (Å²) in [5.41, 5.74) is 14.2. The van der Waals surface area contributed by atoms with Crippen LogP contribution in [0.15, 0.2) is 152 Å². The second kappa shape index (κ2) is 14.4. The third-order valence-corrected chi connectivity index (χ3v) is 8.37. The number of nitrogens with one attached hydrogen (secondary N) is 2. The molecular formula is C44H31CoN4-. The zero-order chi connectivity index (χ0) is 32.1. The molecule has 5 heteroatoms. The van der Waals surface area contributed by atoms with Crippen molar-refractivity contribution in [2.24, 2.45) is 0 Å². The number of nitrogens with zero attached hydrogens (tertiary/aromatic N) is 2. The van der Waals surface area contributed by atoms with Crippen LogP contribution in [0.2, 0.25) is 0 Å². The molecule has 4 nitrogen and oxygen atoms in total. The summed E-state index contributed by atoms with van der Waals surface area (Å²) in [4.78, 5) is 17.7. The average molecular weight is 675 g/mol. The van der Waals surface area contributed by atoms with Crippen molar-refractivity contribution >= 4 is 46.4 Å². The van der Waals surface area contributed by atoms with Crippen molar-refractivity contribution in [3.63, 3.8) is 0 Å². The predicted octanol–water partition coefficient (Wildman–Crippen LogP) is 11.1. The summed E-state index contributed by atoms with van der Waals surface area (Å²) in [5.74, 6) is 0. The van der Waals surface area contributed by atoms with Crippen LogP contribution in [0.4, 0.5) is 0 Å². The minimum atomic E-state index is 0. The van der Waals surface area contributed by atoms with Crippen LogP contribution in [0, 0.1) is 6.07 Å². The molecule has 0 saturated heterocycles. The van der Waals surface area contributed by atoms with Crippen molar-refractivity contribution in [2.75, 3.05) is 0 Å². The Labute approximate surface area is 295 Å². The van der Waals surface area contributed by atoms with E-state index in [0.29, 0.717) is 0 Å². The molecule has 0 atom stereocenters. The minimum absolute atomic E-state index is 0. The molecule has 0 unspecified atom stereocenters. The van der Waals surface area contributed by atoms with Gasteiger partial charge in [-0.15, -0.1) is 0 Å². The molecule has 0 spiro atoms. The van der Waals surface area contributed by atoms with E-state index in [4.69, 9.17) is 9.97 Å². The van der Waals surface area contributed by atoms with Crippen LogP contribution in [-0.2, 0) is 16.8 Å². The van der Waals surface area contributed by atoms with Crippen molar-refractivity contribution in [1.29, 1.82) is 0 Å². The maximum Gasteiger partial charge on any atom is 0.0737 e. The Kier molecular flexibility index (Phi) is 9.28. The number of hydrogen-bond acceptors (Lipinski definition) is 2. The first-order chi connectivity index (χ1) is 23.8. The number of rotatable bonds is 3. The molecule has 0 saturated carbocycles. The van der Waals surface area contributed by atoms with E-state index in [2.05, 4.69) is 143 Å². The maximum atomic E-state index is 5.27. The number of aromatic amines is 2. The quantitative estimate of drug-likeness (QED) is 0.183. The Bertz CT molecular complexity index is 2360. The van der Waals surface area contributed by atoms with Crippen molar-refractivity contribution in [3.05, 3.63) is 181 Å². The van der Waals surface area contributed by atoms with Crippen LogP contribution in [0.5, 0.6) is 0 Å². The Morgan fingerprint density at radius 2 is 0.837 bits per heavy atom. The summed E-state index contributed by atoms with van der Waals surface area (Å²) >= 11 is 0. The average Bonchev–Trinajstić information content (AvgIpc) is 3.98. The van der Waals surface area contributed by atoms with Crippen LogP contribution in [0.25, 0.3) is 79.8 Å². The zero-order valence-corrected chi connectivity index (χ0v) is 27.5. The summed E-state index contributed by atoms with van der Waals surface area (Å²) in [5, 5.41) is 0. The van der Waals surface area contributed by atoms with Crippen molar-refractivity contribution < 1.29 is 16.8 Å². The summed E-state index contributed by atoms with van der Waals surface area (Å²) in [6.45, 7) is 0. The molecule has 5 heterocycles. The van der Waals surface area contributed by atoms with Gasteiger partial charge in [-0.3, -0.25) is 0 Å². The summed E-state index contributed by atoms with van der Waals surface area (Å²) in [6.07, 6.45) is 8.43. The topological polar surface area (TPSA) is 57.4 Å². The van der Waals surface area contributed by atoms with Gasteiger partial charge in [0.25, 0.3) is 0 Å². The van der Waals surface area contributed by atoms with Gasteiger partial charge in [0.2, 0.25) is 0 Å². The van der Waals surface area contributed by atoms with E-state index in [1.54, 1.807) is 0 Å². The Morgan fingerprint density at radius 3 is 1.31 bits per heavy atom. The second-order valence-corrected chi connectivity index (χ2v) is 11.5. The van der Waals surface area contributed by atoms with Gasteiger partial charge in [0.1, 0.15) is 0 Å². The van der Waals surface area contributed by atoms with Gasteiger partial charge in [-0.2, -0.15) is 36.4 Å². The Balaban J connectivity index is 0.000000491. The number of hydrogen-bond donors (Lipinski definition) is 2. The summed E-state index contributed by atoms with van der Waals surface area (Å²) in [6, 6.07) is 54.5. The minimum Gasteiger partial charge on any atom is -0.355 e. The van der Waals surface area contributed by atoms with Crippen LogP contribution >= 0.6 is 0 Å². The molecule has 2 N–H and O–H groups in total. The van der Waals surface area contributed by atoms with Crippen molar-refractivity contribution in [2.45, 2.75) is 0 Å². The molecule has 0 fully saturated rings. The fourth-order valence-electron chi connectivity index (χ4n) is 6.21. The third kappa shape index (κ3) is 6.72. The van der Waals surface area contributed by atoms with E-state index >= 15 is 0 Å². The van der Waals surface area contributed by atoms with E-state index in [-0.39, 0.29) is 16.8 Å². The van der Waals surface area contributed by atoms with Gasteiger partial charge in [-0.25, -0.2) is 9.97 Å². The smallest absolute Gasteiger partial charge is 0.0737 e. The number of fused-ring (bicyclic) bond motifs is 8. The van der Waals surface area contributed by atoms with Gasteiger partial charge in [0.15, 0.2) is 0 Å². The third-order valence-electron chi connectivity index (χ3n) is 8.37. The SMILES string of the molecule is C1=Cc2nc1cc1ccc([nH]1)c(-c1ccccc1)c1nc(c(-c3ccccc3)c3ccc([nH]3)c2-c2ccccc2)C=C1.[Co].[c-]1ccccc1. The fraction of sp³-hybridized carbons (Fsp3) is 0.